The van der Waals surface area contributed by atoms with Gasteiger partial charge in [0.05, 0.1) is 18.4 Å². The number of hydrogen-bond donors (Lipinski definition) is 1. The maximum Gasteiger partial charge on any atom is 0.219 e. The third-order valence-corrected chi connectivity index (χ3v) is 4.50. The van der Waals surface area contributed by atoms with Gasteiger partial charge in [-0.05, 0) is 11.6 Å². The molecule has 0 atom stereocenters. The predicted octanol–water partition coefficient (Wildman–Crippen LogP) is 1.09. The number of nitrogens with one attached hydrogen (secondary N) is 1. The molecule has 0 spiro atoms. The van der Waals surface area contributed by atoms with Crippen molar-refractivity contribution in [2.75, 3.05) is 31.5 Å². The Balaban J connectivity index is 1.60. The predicted molar refractivity (Wildman–Crippen MR) is 92.3 cm³/mol. The number of carbonyl (C=O) groups is 1. The number of piperazine rings is 1. The van der Waals surface area contributed by atoms with Crippen molar-refractivity contribution in [1.29, 1.82) is 0 Å². The minimum atomic E-state index is 0.168. The number of nitrogens with zero attached hydrogens (tertiary/aromatic N) is 5. The maximum absolute atomic E-state index is 11.4. The van der Waals surface area contributed by atoms with E-state index in [-0.39, 0.29) is 5.91 Å². The smallest absolute Gasteiger partial charge is 0.219 e. The Morgan fingerprint density at radius 1 is 1.21 bits per heavy atom. The number of rotatable bonds is 5. The third kappa shape index (κ3) is 3.91. The molecule has 7 nitrogen and oxygen atoms in total. The molecule has 2 aromatic rings. The molecule has 1 aliphatic heterocycles. The average Bonchev–Trinajstić information content (AvgIpc) is 3.00. The van der Waals surface area contributed by atoms with Gasteiger partial charge in [-0.15, -0.1) is 5.10 Å². The Bertz CT molecular complexity index is 690. The lowest BCUT2D eigenvalue weighted by Gasteiger charge is -2.34. The lowest BCUT2D eigenvalue weighted by Crippen LogP contribution is -2.47. The minimum absolute atomic E-state index is 0.168. The Morgan fingerprint density at radius 3 is 2.62 bits per heavy atom. The van der Waals surface area contributed by atoms with Gasteiger partial charge >= 0.3 is 0 Å². The summed E-state index contributed by atoms with van der Waals surface area (Å²) in [6.07, 6.45) is 1.77. The van der Waals surface area contributed by atoms with E-state index in [4.69, 9.17) is 0 Å². The summed E-state index contributed by atoms with van der Waals surface area (Å²) in [6.45, 7) is 6.68. The standard InChI is InChI=1S/C17H24N6O/c1-14(24)23-9-7-22(8-10-23)13-15-5-3-4-6-17(15)18-11-16-12-19-20-21(16)2/h3-6,12,18H,7-11,13H2,1-2H3. The van der Waals surface area contributed by atoms with Crippen LogP contribution < -0.4 is 5.32 Å². The topological polar surface area (TPSA) is 66.3 Å². The molecule has 0 bridgehead atoms. The highest BCUT2D eigenvalue weighted by Gasteiger charge is 2.19. The molecule has 0 saturated carbocycles. The quantitative estimate of drug-likeness (QED) is 0.890. The van der Waals surface area contributed by atoms with Gasteiger partial charge in [-0.25, -0.2) is 0 Å². The van der Waals surface area contributed by atoms with Crippen molar-refractivity contribution in [2.24, 2.45) is 7.05 Å². The number of aromatic nitrogens is 3. The van der Waals surface area contributed by atoms with E-state index in [2.05, 4.69) is 38.7 Å². The summed E-state index contributed by atoms with van der Waals surface area (Å²) in [4.78, 5) is 15.7. The molecule has 1 N–H and O–H groups in total. The molecule has 1 aliphatic rings. The van der Waals surface area contributed by atoms with Crippen LogP contribution in [0.3, 0.4) is 0 Å². The molecule has 7 heteroatoms. The number of aryl methyl sites for hydroxylation is 1. The Morgan fingerprint density at radius 2 is 1.96 bits per heavy atom. The maximum atomic E-state index is 11.4. The van der Waals surface area contributed by atoms with Crippen LogP contribution in [0.5, 0.6) is 0 Å². The Labute approximate surface area is 142 Å². The fourth-order valence-electron chi connectivity index (χ4n) is 2.95. The normalized spacial score (nSPS) is 15.5. The van der Waals surface area contributed by atoms with Crippen LogP contribution in [-0.2, 0) is 24.9 Å². The zero-order chi connectivity index (χ0) is 16.9. The summed E-state index contributed by atoms with van der Waals surface area (Å²) < 4.78 is 1.77. The molecule has 1 saturated heterocycles. The number of amides is 1. The molecule has 0 unspecified atom stereocenters. The average molecular weight is 328 g/mol. The SMILES string of the molecule is CC(=O)N1CCN(Cc2ccccc2NCc2cnnn2C)CC1. The summed E-state index contributed by atoms with van der Waals surface area (Å²) in [6, 6.07) is 8.37. The number of anilines is 1. The van der Waals surface area contributed by atoms with Crippen molar-refractivity contribution < 1.29 is 4.79 Å². The van der Waals surface area contributed by atoms with E-state index in [1.165, 1.54) is 5.56 Å². The number of hydrogen-bond acceptors (Lipinski definition) is 5. The second-order valence-electron chi connectivity index (χ2n) is 6.14. The first-order chi connectivity index (χ1) is 11.6. The van der Waals surface area contributed by atoms with Crippen molar-refractivity contribution in [3.05, 3.63) is 41.7 Å². The molecule has 1 amide bonds. The lowest BCUT2D eigenvalue weighted by molar-refractivity contribution is -0.130. The first kappa shape index (κ1) is 16.4. The molecule has 1 aromatic carbocycles. The van der Waals surface area contributed by atoms with E-state index in [1.54, 1.807) is 17.8 Å². The van der Waals surface area contributed by atoms with Crippen LogP contribution in [0, 0.1) is 0 Å². The van der Waals surface area contributed by atoms with Crippen molar-refractivity contribution in [2.45, 2.75) is 20.0 Å². The van der Waals surface area contributed by atoms with Crippen LogP contribution in [0.4, 0.5) is 5.69 Å². The van der Waals surface area contributed by atoms with Gasteiger partial charge in [0.1, 0.15) is 0 Å². The van der Waals surface area contributed by atoms with Gasteiger partial charge in [0, 0.05) is 52.4 Å². The lowest BCUT2D eigenvalue weighted by atomic mass is 10.1. The molecular formula is C17H24N6O. The summed E-state index contributed by atoms with van der Waals surface area (Å²) >= 11 is 0. The van der Waals surface area contributed by atoms with Crippen molar-refractivity contribution in [3.63, 3.8) is 0 Å². The highest BCUT2D eigenvalue weighted by Crippen LogP contribution is 2.19. The minimum Gasteiger partial charge on any atom is -0.379 e. The summed E-state index contributed by atoms with van der Waals surface area (Å²) in [7, 11) is 1.89. The van der Waals surface area contributed by atoms with Crippen LogP contribution in [0.25, 0.3) is 0 Å². The number of para-hydroxylation sites is 1. The molecule has 1 fully saturated rings. The fourth-order valence-corrected chi connectivity index (χ4v) is 2.95. The molecule has 0 radical (unpaired) electrons. The zero-order valence-corrected chi connectivity index (χ0v) is 14.3. The third-order valence-electron chi connectivity index (χ3n) is 4.50. The van der Waals surface area contributed by atoms with Gasteiger partial charge in [0.15, 0.2) is 0 Å². The van der Waals surface area contributed by atoms with Crippen LogP contribution >= 0.6 is 0 Å². The molecule has 2 heterocycles. The molecule has 1 aromatic heterocycles. The van der Waals surface area contributed by atoms with Crippen LogP contribution in [0.2, 0.25) is 0 Å². The molecule has 0 aliphatic carbocycles. The molecule has 128 valence electrons. The Kier molecular flexibility index (Phi) is 5.10. The highest BCUT2D eigenvalue weighted by atomic mass is 16.2. The van der Waals surface area contributed by atoms with Gasteiger partial charge in [-0.2, -0.15) is 0 Å². The van der Waals surface area contributed by atoms with Gasteiger partial charge < -0.3 is 10.2 Å². The van der Waals surface area contributed by atoms with Gasteiger partial charge in [0.2, 0.25) is 5.91 Å². The van der Waals surface area contributed by atoms with E-state index >= 15 is 0 Å². The first-order valence-electron chi connectivity index (χ1n) is 8.26. The van der Waals surface area contributed by atoms with E-state index in [0.717, 1.165) is 44.1 Å². The van der Waals surface area contributed by atoms with Crippen molar-refractivity contribution >= 4 is 11.6 Å². The monoisotopic (exact) mass is 328 g/mol. The summed E-state index contributed by atoms with van der Waals surface area (Å²) in [5, 5.41) is 11.3. The van der Waals surface area contributed by atoms with E-state index in [1.807, 2.05) is 18.0 Å². The second kappa shape index (κ2) is 7.44. The molecular weight excluding hydrogens is 304 g/mol. The van der Waals surface area contributed by atoms with Crippen LogP contribution in [0.15, 0.2) is 30.5 Å². The van der Waals surface area contributed by atoms with E-state index < -0.39 is 0 Å². The zero-order valence-electron chi connectivity index (χ0n) is 14.3. The summed E-state index contributed by atoms with van der Waals surface area (Å²) in [5.41, 5.74) is 3.44. The van der Waals surface area contributed by atoms with E-state index in [9.17, 15) is 4.79 Å². The number of benzene rings is 1. The fraction of sp³-hybridized carbons (Fsp3) is 0.471. The second-order valence-corrected chi connectivity index (χ2v) is 6.14. The largest absolute Gasteiger partial charge is 0.379 e. The highest BCUT2D eigenvalue weighted by molar-refractivity contribution is 5.73. The van der Waals surface area contributed by atoms with E-state index in [0.29, 0.717) is 6.54 Å². The summed E-state index contributed by atoms with van der Waals surface area (Å²) in [5.74, 6) is 0.168. The Hall–Kier alpha value is -2.41. The molecule has 24 heavy (non-hydrogen) atoms. The van der Waals surface area contributed by atoms with Crippen LogP contribution in [-0.4, -0.2) is 56.9 Å². The first-order valence-corrected chi connectivity index (χ1v) is 8.26. The molecule has 3 rings (SSSR count). The van der Waals surface area contributed by atoms with Gasteiger partial charge in [-0.1, -0.05) is 23.4 Å². The van der Waals surface area contributed by atoms with Crippen molar-refractivity contribution in [3.8, 4) is 0 Å². The van der Waals surface area contributed by atoms with Crippen molar-refractivity contribution in [1.82, 2.24) is 24.8 Å². The van der Waals surface area contributed by atoms with Gasteiger partial charge in [-0.3, -0.25) is 14.4 Å². The van der Waals surface area contributed by atoms with Crippen LogP contribution in [0.1, 0.15) is 18.2 Å². The van der Waals surface area contributed by atoms with Gasteiger partial charge in [0.25, 0.3) is 0 Å². The number of carbonyl (C=O) groups excluding carboxylic acids is 1.